The minimum atomic E-state index is 0.748. The normalized spacial score (nSPS) is 15.4. The van der Waals surface area contributed by atoms with E-state index in [2.05, 4.69) is 43.4 Å². The summed E-state index contributed by atoms with van der Waals surface area (Å²) in [7, 11) is 2.15. The Labute approximate surface area is 158 Å². The lowest BCUT2D eigenvalue weighted by atomic mass is 10.2. The van der Waals surface area contributed by atoms with Crippen molar-refractivity contribution < 1.29 is 4.42 Å². The maximum atomic E-state index is 5.29. The first-order valence-corrected chi connectivity index (χ1v) is 8.95. The molecule has 4 rings (SSSR count). The number of nitrogens with zero attached hydrogens (tertiary/aromatic N) is 5. The second kappa shape index (κ2) is 8.01. The lowest BCUT2D eigenvalue weighted by Gasteiger charge is -2.33. The first-order chi connectivity index (χ1) is 13.3. The summed E-state index contributed by atoms with van der Waals surface area (Å²) in [6, 6.07) is 11.9. The predicted molar refractivity (Wildman–Crippen MR) is 107 cm³/mol. The molecule has 7 heteroatoms. The molecule has 1 saturated heterocycles. The molecule has 0 unspecified atom stereocenters. The molecule has 0 aliphatic carbocycles. The highest BCUT2D eigenvalue weighted by Gasteiger charge is 2.15. The van der Waals surface area contributed by atoms with Crippen molar-refractivity contribution in [1.82, 2.24) is 14.9 Å². The van der Waals surface area contributed by atoms with Crippen LogP contribution in [0.5, 0.6) is 0 Å². The number of anilines is 2. The van der Waals surface area contributed by atoms with Crippen LogP contribution >= 0.6 is 0 Å². The quantitative estimate of drug-likeness (QED) is 0.556. The van der Waals surface area contributed by atoms with Crippen LogP contribution in [0.25, 0.3) is 11.3 Å². The van der Waals surface area contributed by atoms with Crippen molar-refractivity contribution in [2.24, 2.45) is 5.10 Å². The number of hydrogen-bond acceptors (Lipinski definition) is 7. The summed E-state index contributed by atoms with van der Waals surface area (Å²) in [6.45, 7) is 4.12. The summed E-state index contributed by atoms with van der Waals surface area (Å²) in [5, 5.41) is 4.34. The van der Waals surface area contributed by atoms with Crippen LogP contribution in [0.1, 0.15) is 5.56 Å². The molecule has 0 amide bonds. The summed E-state index contributed by atoms with van der Waals surface area (Å²) in [5.74, 6) is 1.75. The van der Waals surface area contributed by atoms with Gasteiger partial charge in [0.05, 0.1) is 18.1 Å². The van der Waals surface area contributed by atoms with Gasteiger partial charge in [0.1, 0.15) is 5.82 Å². The van der Waals surface area contributed by atoms with Gasteiger partial charge in [-0.05, 0) is 49.0 Å². The fourth-order valence-electron chi connectivity index (χ4n) is 2.97. The molecule has 0 bridgehead atoms. The molecule has 1 aliphatic heterocycles. The van der Waals surface area contributed by atoms with Gasteiger partial charge in [-0.15, -0.1) is 0 Å². The zero-order valence-electron chi connectivity index (χ0n) is 15.2. The van der Waals surface area contributed by atoms with Gasteiger partial charge in [-0.25, -0.2) is 9.97 Å². The molecule has 0 atom stereocenters. The average Bonchev–Trinajstić information content (AvgIpc) is 3.24. The molecule has 7 nitrogen and oxygen atoms in total. The van der Waals surface area contributed by atoms with Crippen LogP contribution in [0, 0.1) is 0 Å². The largest absolute Gasteiger partial charge is 0.444 e. The van der Waals surface area contributed by atoms with Crippen molar-refractivity contribution in [2.45, 2.75) is 0 Å². The summed E-state index contributed by atoms with van der Waals surface area (Å²) in [5.41, 5.74) is 5.96. The molecule has 27 heavy (non-hydrogen) atoms. The van der Waals surface area contributed by atoms with Crippen molar-refractivity contribution in [3.63, 3.8) is 0 Å². The fraction of sp³-hybridized carbons (Fsp3) is 0.250. The van der Waals surface area contributed by atoms with E-state index in [1.165, 1.54) is 6.39 Å². The summed E-state index contributed by atoms with van der Waals surface area (Å²) in [4.78, 5) is 13.1. The van der Waals surface area contributed by atoms with Gasteiger partial charge < -0.3 is 14.2 Å². The maximum Gasteiger partial charge on any atom is 0.181 e. The molecule has 2 aromatic heterocycles. The van der Waals surface area contributed by atoms with Crippen LogP contribution in [0.15, 0.2) is 64.7 Å². The van der Waals surface area contributed by atoms with Crippen LogP contribution in [0.2, 0.25) is 0 Å². The molecule has 138 valence electrons. The SMILES string of the molecule is CN1CCN(c2cc(C=NNc3ccc(-c4cnco4)cc3)ccn2)CC1. The second-order valence-corrected chi connectivity index (χ2v) is 6.55. The lowest BCUT2D eigenvalue weighted by Crippen LogP contribution is -2.44. The molecule has 1 aliphatic rings. The maximum absolute atomic E-state index is 5.29. The molecule has 0 spiro atoms. The van der Waals surface area contributed by atoms with E-state index in [-0.39, 0.29) is 0 Å². The number of nitrogens with one attached hydrogen (secondary N) is 1. The van der Waals surface area contributed by atoms with Gasteiger partial charge in [0.25, 0.3) is 0 Å². The Morgan fingerprint density at radius 1 is 1.11 bits per heavy atom. The average molecular weight is 362 g/mol. The van der Waals surface area contributed by atoms with E-state index in [4.69, 9.17) is 4.42 Å². The van der Waals surface area contributed by atoms with Crippen LogP contribution in [0.3, 0.4) is 0 Å². The number of oxazole rings is 1. The first-order valence-electron chi connectivity index (χ1n) is 8.95. The van der Waals surface area contributed by atoms with E-state index in [9.17, 15) is 0 Å². The Balaban J connectivity index is 1.37. The lowest BCUT2D eigenvalue weighted by molar-refractivity contribution is 0.312. The van der Waals surface area contributed by atoms with Gasteiger partial charge in [0, 0.05) is 37.9 Å². The third kappa shape index (κ3) is 4.32. The summed E-state index contributed by atoms with van der Waals surface area (Å²) >= 11 is 0. The third-order valence-corrected chi connectivity index (χ3v) is 4.61. The number of pyridine rings is 1. The zero-order valence-corrected chi connectivity index (χ0v) is 15.2. The second-order valence-electron chi connectivity index (χ2n) is 6.55. The van der Waals surface area contributed by atoms with Crippen molar-refractivity contribution >= 4 is 17.7 Å². The molecule has 3 heterocycles. The minimum absolute atomic E-state index is 0.748. The smallest absolute Gasteiger partial charge is 0.181 e. The van der Waals surface area contributed by atoms with Gasteiger partial charge in [-0.2, -0.15) is 5.10 Å². The highest BCUT2D eigenvalue weighted by Crippen LogP contribution is 2.20. The molecular formula is C20H22N6O. The Morgan fingerprint density at radius 3 is 2.67 bits per heavy atom. The van der Waals surface area contributed by atoms with Crippen LogP contribution in [-0.2, 0) is 0 Å². The highest BCUT2D eigenvalue weighted by molar-refractivity contribution is 5.81. The standard InChI is InChI=1S/C20H22N6O/c1-25-8-10-26(11-9-25)20-12-16(6-7-22-20)13-23-24-18-4-2-17(3-5-18)19-14-21-15-27-19/h2-7,12-15,24H,8-11H2,1H3. The van der Waals surface area contributed by atoms with Gasteiger partial charge in [-0.1, -0.05) is 0 Å². The molecule has 1 N–H and O–H groups in total. The summed E-state index contributed by atoms with van der Waals surface area (Å²) in [6.07, 6.45) is 6.77. The van der Waals surface area contributed by atoms with Gasteiger partial charge in [0.2, 0.25) is 0 Å². The van der Waals surface area contributed by atoms with Gasteiger partial charge in [0.15, 0.2) is 12.2 Å². The highest BCUT2D eigenvalue weighted by atomic mass is 16.3. The monoisotopic (exact) mass is 362 g/mol. The Hall–Kier alpha value is -3.19. The number of rotatable bonds is 5. The first kappa shape index (κ1) is 17.2. The van der Waals surface area contributed by atoms with Crippen LogP contribution in [0.4, 0.5) is 11.5 Å². The molecule has 1 aromatic carbocycles. The topological polar surface area (TPSA) is 69.8 Å². The summed E-state index contributed by atoms with van der Waals surface area (Å²) < 4.78 is 5.29. The Morgan fingerprint density at radius 2 is 1.93 bits per heavy atom. The zero-order chi connectivity index (χ0) is 18.5. The Bertz CT molecular complexity index is 883. The predicted octanol–water partition coefficient (Wildman–Crippen LogP) is 2.93. The molecule has 0 saturated carbocycles. The number of hydrazone groups is 1. The van der Waals surface area contributed by atoms with Crippen molar-refractivity contribution in [2.75, 3.05) is 43.6 Å². The molecular weight excluding hydrogens is 340 g/mol. The van der Waals surface area contributed by atoms with E-state index in [0.29, 0.717) is 0 Å². The number of piperazine rings is 1. The van der Waals surface area contributed by atoms with E-state index in [1.54, 1.807) is 6.20 Å². The Kier molecular flexibility index (Phi) is 5.11. The van der Waals surface area contributed by atoms with Crippen molar-refractivity contribution in [3.05, 3.63) is 60.7 Å². The molecule has 1 fully saturated rings. The van der Waals surface area contributed by atoms with E-state index in [1.807, 2.05) is 42.7 Å². The fourth-order valence-corrected chi connectivity index (χ4v) is 2.97. The van der Waals surface area contributed by atoms with Crippen molar-refractivity contribution in [3.8, 4) is 11.3 Å². The third-order valence-electron chi connectivity index (χ3n) is 4.61. The minimum Gasteiger partial charge on any atom is -0.444 e. The van der Waals surface area contributed by atoms with Crippen molar-refractivity contribution in [1.29, 1.82) is 0 Å². The van der Waals surface area contributed by atoms with Gasteiger partial charge >= 0.3 is 0 Å². The van der Waals surface area contributed by atoms with Crippen LogP contribution < -0.4 is 10.3 Å². The van der Waals surface area contributed by atoms with Crippen LogP contribution in [-0.4, -0.2) is 54.3 Å². The van der Waals surface area contributed by atoms with E-state index >= 15 is 0 Å². The van der Waals surface area contributed by atoms with E-state index in [0.717, 1.165) is 54.6 Å². The number of hydrogen-bond donors (Lipinski definition) is 1. The van der Waals surface area contributed by atoms with E-state index < -0.39 is 0 Å². The number of likely N-dealkylation sites (N-methyl/N-ethyl adjacent to an activating group) is 1. The molecule has 3 aromatic rings. The number of aromatic nitrogens is 2. The molecule has 0 radical (unpaired) electrons. The van der Waals surface area contributed by atoms with Gasteiger partial charge in [-0.3, -0.25) is 5.43 Å². The number of benzene rings is 1.